The predicted octanol–water partition coefficient (Wildman–Crippen LogP) is 8.96. The number of nitrogen functional groups attached to an aromatic ring is 3. The molecule has 0 unspecified atom stereocenters. The smallest absolute Gasteiger partial charge is 0.258 e. The van der Waals surface area contributed by atoms with E-state index in [2.05, 4.69) is 110 Å². The summed E-state index contributed by atoms with van der Waals surface area (Å²) in [7, 11) is 13.1. The van der Waals surface area contributed by atoms with Crippen LogP contribution >= 0.6 is 0 Å². The molecule has 0 radical (unpaired) electrons. The first-order chi connectivity index (χ1) is 45.0. The van der Waals surface area contributed by atoms with Gasteiger partial charge in [0.25, 0.3) is 17.6 Å². The average Bonchev–Trinajstić information content (AvgIpc) is 1.55. The second kappa shape index (κ2) is 26.4. The summed E-state index contributed by atoms with van der Waals surface area (Å²) >= 11 is 0. The number of hydrogen-bond donors (Lipinski definition) is 3. The molecule has 0 amide bonds. The molecule has 480 valence electrons. The van der Waals surface area contributed by atoms with Crippen LogP contribution in [0.15, 0.2) is 83.2 Å². The lowest BCUT2D eigenvalue weighted by Crippen LogP contribution is -2.37. The highest BCUT2D eigenvalue weighted by atomic mass is 16.5. The lowest BCUT2D eigenvalue weighted by atomic mass is 10.0. The number of likely N-dealkylation sites (tertiary alicyclic amines) is 1. The number of anilines is 4. The Hall–Kier alpha value is -11.5. The van der Waals surface area contributed by atoms with Crippen LogP contribution < -0.4 is 36.4 Å². The fourth-order valence-corrected chi connectivity index (χ4v) is 11.8. The van der Waals surface area contributed by atoms with Crippen molar-refractivity contribution < 1.29 is 14.2 Å². The first-order valence-corrected chi connectivity index (χ1v) is 30.6. The maximum Gasteiger partial charge on any atom is 0.258 e. The Morgan fingerprint density at radius 2 is 0.915 bits per heavy atom. The summed E-state index contributed by atoms with van der Waals surface area (Å²) in [5, 5.41) is 47.3. The minimum Gasteiger partial charge on any atom is -0.467 e. The van der Waals surface area contributed by atoms with Crippen molar-refractivity contribution in [3.05, 3.63) is 141 Å². The molecule has 6 aromatic heterocycles. The third-order valence-corrected chi connectivity index (χ3v) is 16.9. The molecule has 3 aromatic carbocycles. The summed E-state index contributed by atoms with van der Waals surface area (Å²) in [6.07, 6.45) is 6.81. The van der Waals surface area contributed by atoms with E-state index in [0.717, 1.165) is 99.4 Å². The van der Waals surface area contributed by atoms with Crippen molar-refractivity contribution >= 4 is 46.2 Å². The molecule has 94 heavy (non-hydrogen) atoms. The molecule has 6 N–H and O–H groups in total. The second-order valence-electron chi connectivity index (χ2n) is 23.9. The van der Waals surface area contributed by atoms with Gasteiger partial charge < -0.3 is 46.2 Å². The summed E-state index contributed by atoms with van der Waals surface area (Å²) < 4.78 is 23.2. The molecule has 10 heterocycles. The van der Waals surface area contributed by atoms with Crippen molar-refractivity contribution in [2.45, 2.75) is 92.1 Å². The quantitative estimate of drug-likeness (QED) is 0.127. The van der Waals surface area contributed by atoms with E-state index in [-0.39, 0.29) is 53.4 Å². The number of aliphatic imine (C=N–C) groups is 2. The van der Waals surface area contributed by atoms with Gasteiger partial charge in [0.2, 0.25) is 0 Å². The van der Waals surface area contributed by atoms with Crippen LogP contribution in [0.2, 0.25) is 0 Å². The highest BCUT2D eigenvalue weighted by Gasteiger charge is 2.31. The fraction of sp³-hybridized carbons (Fsp3) is 0.343. The SMILES string of the molecule is Cc1ccc2c(c1)[C@@H](C)Oc1nc(cnc1N)-c1c(nn(C)c1C#N)CC(N(C)C)=N2.Cc1ccc2c(c1)[C@@H](C)Oc1nc(cnc1N)-c1c(nn(C)c1C#N)CC(N1CCCC1)=N2.Cc1ccc2c(c1)[C@@H](C)Oc1nc(cnc1N)-c1c(nn(C)c1C#N)CN(C)N2C. The highest BCUT2D eigenvalue weighted by Crippen LogP contribution is 2.40. The number of likely N-dealkylation sites (N-methyl/N-ethyl adjacent to an activating group) is 1. The van der Waals surface area contributed by atoms with Gasteiger partial charge in [-0.2, -0.15) is 31.1 Å². The van der Waals surface area contributed by atoms with Gasteiger partial charge in [-0.3, -0.25) is 14.0 Å². The lowest BCUT2D eigenvalue weighted by Gasteiger charge is -2.33. The van der Waals surface area contributed by atoms with Crippen LogP contribution in [0.1, 0.15) is 119 Å². The lowest BCUT2D eigenvalue weighted by molar-refractivity contribution is 0.216. The number of fused-ring (bicyclic) bond motifs is 15. The molecular weight excluding hydrogens is 1190 g/mol. The van der Waals surface area contributed by atoms with Crippen molar-refractivity contribution in [3.63, 3.8) is 0 Å². The van der Waals surface area contributed by atoms with E-state index in [1.807, 2.05) is 97.8 Å². The molecule has 9 aromatic rings. The largest absolute Gasteiger partial charge is 0.467 e. The number of nitrogens with zero attached hydrogens (tertiary/aromatic N) is 21. The number of rotatable bonds is 0. The molecule has 6 bridgehead atoms. The normalized spacial score (nSPS) is 16.6. The van der Waals surface area contributed by atoms with Crippen LogP contribution in [0, 0.1) is 54.8 Å². The van der Waals surface area contributed by atoms with E-state index in [1.165, 1.54) is 0 Å². The number of benzene rings is 3. The molecule has 27 nitrogen and oxygen atoms in total. The number of nitrogens with two attached hydrogens (primary N) is 3. The van der Waals surface area contributed by atoms with Crippen LogP contribution in [0.25, 0.3) is 33.8 Å². The molecule has 0 saturated carbocycles. The van der Waals surface area contributed by atoms with E-state index in [9.17, 15) is 15.8 Å². The molecule has 4 aliphatic rings. The Labute approximate surface area is 545 Å². The molecule has 27 heteroatoms. The zero-order valence-electron chi connectivity index (χ0n) is 55.0. The molecule has 4 aliphatic heterocycles. The maximum absolute atomic E-state index is 9.86. The molecule has 0 aliphatic carbocycles. The van der Waals surface area contributed by atoms with Crippen LogP contribution in [0.4, 0.5) is 34.5 Å². The topological polar surface area (TPSA) is 346 Å². The van der Waals surface area contributed by atoms with Gasteiger partial charge in [-0.1, -0.05) is 53.1 Å². The monoisotopic (exact) mass is 1260 g/mol. The van der Waals surface area contributed by atoms with E-state index in [0.29, 0.717) is 75.9 Å². The van der Waals surface area contributed by atoms with E-state index < -0.39 is 0 Å². The van der Waals surface area contributed by atoms with Gasteiger partial charge in [0, 0.05) is 79.1 Å². The number of hydrazine groups is 1. The van der Waals surface area contributed by atoms with E-state index >= 15 is 0 Å². The zero-order valence-corrected chi connectivity index (χ0v) is 55.0. The Balaban J connectivity index is 0.000000144. The number of amidine groups is 2. The summed E-state index contributed by atoms with van der Waals surface area (Å²) in [6, 6.07) is 25.2. The summed E-state index contributed by atoms with van der Waals surface area (Å²) in [5.41, 5.74) is 33.8. The van der Waals surface area contributed by atoms with E-state index in [4.69, 9.17) is 41.4 Å². The third-order valence-electron chi connectivity index (χ3n) is 16.9. The van der Waals surface area contributed by atoms with Crippen molar-refractivity contribution in [1.29, 1.82) is 15.8 Å². The van der Waals surface area contributed by atoms with Gasteiger partial charge in [-0.25, -0.2) is 44.9 Å². The Kier molecular flexibility index (Phi) is 18.0. The maximum atomic E-state index is 9.86. The average molecular weight is 1260 g/mol. The van der Waals surface area contributed by atoms with Gasteiger partial charge in [-0.05, 0) is 72.6 Å². The minimum atomic E-state index is -0.364. The molecular formula is C67H74N24O3. The molecule has 0 spiro atoms. The first-order valence-electron chi connectivity index (χ1n) is 30.6. The Bertz CT molecular complexity index is 4610. The second-order valence-corrected chi connectivity index (χ2v) is 23.9. The Morgan fingerprint density at radius 1 is 0.521 bits per heavy atom. The summed E-state index contributed by atoms with van der Waals surface area (Å²) in [6.45, 7) is 14.3. The predicted molar refractivity (Wildman–Crippen MR) is 357 cm³/mol. The number of aromatic nitrogens is 12. The number of ether oxygens (including phenoxy) is 3. The number of hydrogen-bond acceptors (Lipinski definition) is 24. The summed E-state index contributed by atoms with van der Waals surface area (Å²) in [5.74, 6) is 2.99. The summed E-state index contributed by atoms with van der Waals surface area (Å²) in [4.78, 5) is 41.1. The van der Waals surface area contributed by atoms with Crippen LogP contribution in [-0.4, -0.2) is 127 Å². The van der Waals surface area contributed by atoms with Gasteiger partial charge in [0.15, 0.2) is 17.5 Å². The van der Waals surface area contributed by atoms with Crippen molar-refractivity contribution in [3.8, 4) is 69.6 Å². The Morgan fingerprint density at radius 3 is 1.36 bits per heavy atom. The van der Waals surface area contributed by atoms with Gasteiger partial charge in [-0.15, -0.1) is 0 Å². The van der Waals surface area contributed by atoms with Crippen molar-refractivity contribution in [2.75, 3.05) is 63.5 Å². The van der Waals surface area contributed by atoms with Gasteiger partial charge in [0.05, 0.1) is 106 Å². The highest BCUT2D eigenvalue weighted by molar-refractivity contribution is 5.90. The van der Waals surface area contributed by atoms with Crippen molar-refractivity contribution in [2.24, 2.45) is 31.1 Å². The number of nitriles is 3. The van der Waals surface area contributed by atoms with Crippen LogP contribution in [0.5, 0.6) is 17.6 Å². The molecule has 1 fully saturated rings. The molecule has 1 saturated heterocycles. The van der Waals surface area contributed by atoms with E-state index in [1.54, 1.807) is 53.8 Å². The molecule has 13 rings (SSSR count). The fourth-order valence-electron chi connectivity index (χ4n) is 11.8. The first kappa shape index (κ1) is 64.0. The van der Waals surface area contributed by atoms with Gasteiger partial charge in [0.1, 0.15) is 65.3 Å². The van der Waals surface area contributed by atoms with Crippen LogP contribution in [-0.2, 0) is 40.5 Å². The standard InChI is InChI=1S/C24H26N8O.C22H24N8O.C21H24N8O/c1-14-6-7-17-16(10-14)15(2)33-24-23(26)27-13-19(29-24)22-18(30-31(3)20(22)12-25)11-21(28-17)32-8-4-5-9-32;1-12-6-7-15-14(8-12)13(2)31-22-21(24)25-11-17(27-22)20-16(9-19(26-15)29(3)4)28-30(5)18(20)10-23;1-12-6-7-17-14(8-12)13(2)30-21-20(23)24-10-15(25-21)19-16(11-27(3)29(17)5)26-28(4)18(19)9-22/h6-7,10,13,15H,4-5,8-9,11H2,1-3H3,(H2,26,27);6-8,11,13H,9H2,1-5H3,(H2,24,25);6-8,10,13H,11H2,1-5H3,(H2,23,24)/t15-;2*13-/m111/s1. The zero-order chi connectivity index (χ0) is 67.0. The minimum absolute atomic E-state index is 0.184. The number of aryl methyl sites for hydroxylation is 6. The molecule has 3 atom stereocenters. The van der Waals surface area contributed by atoms with Crippen molar-refractivity contribution in [1.82, 2.24) is 74.1 Å². The third kappa shape index (κ3) is 12.8. The van der Waals surface area contributed by atoms with Gasteiger partial charge >= 0.3 is 0 Å². The van der Waals surface area contributed by atoms with Crippen LogP contribution in [0.3, 0.4) is 0 Å².